The monoisotopic (exact) mass is 543 g/mol. The van der Waals surface area contributed by atoms with Crippen LogP contribution in [0.3, 0.4) is 0 Å². The van der Waals surface area contributed by atoms with Crippen LogP contribution in [0.25, 0.3) is 0 Å². The number of para-hydroxylation sites is 2. The van der Waals surface area contributed by atoms with Crippen LogP contribution in [0.15, 0.2) is 66.7 Å². The molecular formula is C30H36Cl2FN3O. The molecule has 3 aromatic rings. The molecule has 2 fully saturated rings. The van der Waals surface area contributed by atoms with E-state index >= 15 is 0 Å². The van der Waals surface area contributed by atoms with E-state index in [0.717, 1.165) is 55.2 Å². The Morgan fingerprint density at radius 2 is 1.62 bits per heavy atom. The van der Waals surface area contributed by atoms with Crippen molar-refractivity contribution in [2.24, 2.45) is 0 Å². The molecule has 3 heterocycles. The van der Waals surface area contributed by atoms with E-state index in [1.807, 2.05) is 24.3 Å². The first-order chi connectivity index (χ1) is 17.2. The van der Waals surface area contributed by atoms with Gasteiger partial charge in [0.05, 0.1) is 11.4 Å². The molecule has 0 amide bonds. The van der Waals surface area contributed by atoms with Gasteiger partial charge in [0, 0.05) is 43.5 Å². The summed E-state index contributed by atoms with van der Waals surface area (Å²) in [4.78, 5) is 7.40. The van der Waals surface area contributed by atoms with Crippen molar-refractivity contribution in [3.05, 3.63) is 83.7 Å². The Labute approximate surface area is 232 Å². The summed E-state index contributed by atoms with van der Waals surface area (Å²) >= 11 is 0. The molecule has 3 aliphatic rings. The van der Waals surface area contributed by atoms with Crippen molar-refractivity contribution in [2.75, 3.05) is 42.5 Å². The first-order valence-electron chi connectivity index (χ1n) is 13.1. The second-order valence-electron chi connectivity index (χ2n) is 10.1. The van der Waals surface area contributed by atoms with Gasteiger partial charge in [-0.2, -0.15) is 0 Å². The minimum absolute atomic E-state index is 0. The molecule has 198 valence electrons. The molecule has 7 heteroatoms. The summed E-state index contributed by atoms with van der Waals surface area (Å²) in [5.74, 6) is 0.667. The number of likely N-dealkylation sites (tertiary alicyclic amines) is 1. The number of benzene rings is 3. The minimum atomic E-state index is -0.200. The highest BCUT2D eigenvalue weighted by molar-refractivity contribution is 5.85. The molecule has 0 N–H and O–H groups in total. The zero-order chi connectivity index (χ0) is 23.6. The van der Waals surface area contributed by atoms with E-state index < -0.39 is 0 Å². The maximum absolute atomic E-state index is 14.3. The van der Waals surface area contributed by atoms with E-state index in [1.165, 1.54) is 49.7 Å². The Morgan fingerprint density at radius 3 is 2.43 bits per heavy atom. The van der Waals surface area contributed by atoms with Crippen LogP contribution in [0.1, 0.15) is 36.8 Å². The summed E-state index contributed by atoms with van der Waals surface area (Å²) in [6.45, 7) is 5.85. The van der Waals surface area contributed by atoms with Crippen LogP contribution in [-0.4, -0.2) is 43.7 Å². The molecule has 3 aromatic carbocycles. The molecule has 37 heavy (non-hydrogen) atoms. The van der Waals surface area contributed by atoms with Gasteiger partial charge >= 0.3 is 0 Å². The van der Waals surface area contributed by atoms with Crippen LogP contribution in [0.5, 0.6) is 5.75 Å². The fraction of sp³-hybridized carbons (Fsp3) is 0.400. The standard InChI is InChI=1S/C30H34FN3O.2ClH/c31-25-12-11-24-22-35-30-8-2-1-7-28(30)34(29(24)20-25)21-27-6-5-18-33(27)19-15-23-9-13-26(14-10-23)32-16-3-4-17-32;;/h1-2,7-14,20,27H,3-6,15-19,21-22H2;2*1H/t27-;;/m1../s1. The maximum Gasteiger partial charge on any atom is 0.143 e. The number of hydrogen-bond acceptors (Lipinski definition) is 4. The van der Waals surface area contributed by atoms with Crippen molar-refractivity contribution >= 4 is 41.9 Å². The second-order valence-corrected chi connectivity index (χ2v) is 10.1. The van der Waals surface area contributed by atoms with Crippen LogP contribution in [0.2, 0.25) is 0 Å². The molecule has 1 atom stereocenters. The lowest BCUT2D eigenvalue weighted by molar-refractivity contribution is 0.261. The molecular weight excluding hydrogens is 508 g/mol. The molecule has 4 nitrogen and oxygen atoms in total. The van der Waals surface area contributed by atoms with Gasteiger partial charge in [0.2, 0.25) is 0 Å². The Morgan fingerprint density at radius 1 is 0.838 bits per heavy atom. The Kier molecular flexibility index (Phi) is 9.22. The van der Waals surface area contributed by atoms with Gasteiger partial charge in [-0.05, 0) is 80.6 Å². The first kappa shape index (κ1) is 27.6. The van der Waals surface area contributed by atoms with Crippen LogP contribution >= 0.6 is 24.8 Å². The van der Waals surface area contributed by atoms with Gasteiger partial charge in [-0.15, -0.1) is 24.8 Å². The van der Waals surface area contributed by atoms with Crippen molar-refractivity contribution in [1.29, 1.82) is 0 Å². The lowest BCUT2D eigenvalue weighted by Crippen LogP contribution is -2.39. The third kappa shape index (κ3) is 6.00. The molecule has 0 bridgehead atoms. The molecule has 6 rings (SSSR count). The quantitative estimate of drug-likeness (QED) is 0.333. The second kappa shape index (κ2) is 12.4. The van der Waals surface area contributed by atoms with Gasteiger partial charge in [0.15, 0.2) is 0 Å². The summed E-state index contributed by atoms with van der Waals surface area (Å²) in [7, 11) is 0. The maximum atomic E-state index is 14.3. The van der Waals surface area contributed by atoms with E-state index in [1.54, 1.807) is 6.07 Å². The molecule has 2 saturated heterocycles. The van der Waals surface area contributed by atoms with Crippen molar-refractivity contribution in [3.63, 3.8) is 0 Å². The number of fused-ring (bicyclic) bond motifs is 2. The molecule has 0 radical (unpaired) electrons. The van der Waals surface area contributed by atoms with Crippen LogP contribution in [0.4, 0.5) is 21.5 Å². The summed E-state index contributed by atoms with van der Waals surface area (Å²) in [5, 5.41) is 0. The highest BCUT2D eigenvalue weighted by Crippen LogP contribution is 2.40. The summed E-state index contributed by atoms with van der Waals surface area (Å²) in [6, 6.07) is 22.9. The minimum Gasteiger partial charge on any atom is -0.487 e. The van der Waals surface area contributed by atoms with Gasteiger partial charge in [-0.3, -0.25) is 4.90 Å². The predicted octanol–water partition coefficient (Wildman–Crippen LogP) is 7.01. The van der Waals surface area contributed by atoms with E-state index in [2.05, 4.69) is 45.0 Å². The Hall–Kier alpha value is -2.47. The van der Waals surface area contributed by atoms with Gasteiger partial charge in [0.1, 0.15) is 18.2 Å². The summed E-state index contributed by atoms with van der Waals surface area (Å²) in [6.07, 6.45) is 6.05. The average Bonchev–Trinajstić information content (AvgIpc) is 3.56. The topological polar surface area (TPSA) is 19.0 Å². The highest BCUT2D eigenvalue weighted by atomic mass is 35.5. The molecule has 0 aliphatic carbocycles. The fourth-order valence-corrected chi connectivity index (χ4v) is 5.92. The third-order valence-corrected chi connectivity index (χ3v) is 7.87. The zero-order valence-corrected chi connectivity index (χ0v) is 22.8. The molecule has 0 spiro atoms. The first-order valence-corrected chi connectivity index (χ1v) is 13.1. The predicted molar refractivity (Wildman–Crippen MR) is 155 cm³/mol. The van der Waals surface area contributed by atoms with E-state index in [9.17, 15) is 4.39 Å². The molecule has 0 aromatic heterocycles. The third-order valence-electron chi connectivity index (χ3n) is 7.87. The van der Waals surface area contributed by atoms with Gasteiger partial charge < -0.3 is 14.5 Å². The number of anilines is 3. The number of hydrogen-bond donors (Lipinski definition) is 0. The van der Waals surface area contributed by atoms with Crippen LogP contribution in [0, 0.1) is 5.82 Å². The Bertz CT molecular complexity index is 1170. The van der Waals surface area contributed by atoms with Crippen LogP contribution < -0.4 is 14.5 Å². The molecule has 0 unspecified atom stereocenters. The van der Waals surface area contributed by atoms with E-state index in [0.29, 0.717) is 12.6 Å². The van der Waals surface area contributed by atoms with E-state index in [4.69, 9.17) is 4.74 Å². The van der Waals surface area contributed by atoms with E-state index in [-0.39, 0.29) is 30.6 Å². The largest absolute Gasteiger partial charge is 0.487 e. The summed E-state index contributed by atoms with van der Waals surface area (Å²) in [5.41, 5.74) is 5.75. The van der Waals surface area contributed by atoms with Gasteiger partial charge in [0.25, 0.3) is 0 Å². The van der Waals surface area contributed by atoms with Gasteiger partial charge in [-0.1, -0.05) is 30.3 Å². The van der Waals surface area contributed by atoms with Crippen molar-refractivity contribution in [1.82, 2.24) is 4.90 Å². The number of rotatable bonds is 6. The number of ether oxygens (including phenoxy) is 1. The average molecular weight is 545 g/mol. The van der Waals surface area contributed by atoms with Crippen LogP contribution in [-0.2, 0) is 13.0 Å². The lowest BCUT2D eigenvalue weighted by Gasteiger charge is -2.32. The number of halogens is 3. The van der Waals surface area contributed by atoms with Crippen molar-refractivity contribution < 1.29 is 9.13 Å². The molecule has 0 saturated carbocycles. The smallest absolute Gasteiger partial charge is 0.143 e. The fourth-order valence-electron chi connectivity index (χ4n) is 5.92. The van der Waals surface area contributed by atoms with Crippen molar-refractivity contribution in [2.45, 2.75) is 44.8 Å². The Balaban J connectivity index is 0.00000160. The van der Waals surface area contributed by atoms with Crippen molar-refractivity contribution in [3.8, 4) is 5.75 Å². The zero-order valence-electron chi connectivity index (χ0n) is 21.2. The lowest BCUT2D eigenvalue weighted by atomic mass is 10.1. The summed E-state index contributed by atoms with van der Waals surface area (Å²) < 4.78 is 20.4. The normalized spacial score (nSPS) is 18.8. The highest BCUT2D eigenvalue weighted by Gasteiger charge is 2.30. The SMILES string of the molecule is Cl.Cl.Fc1ccc2c(c1)N(C[C@H]1CCCN1CCc1ccc(N3CCCC3)cc1)c1ccccc1OC2. The van der Waals surface area contributed by atoms with Gasteiger partial charge in [-0.25, -0.2) is 4.39 Å². The molecule has 3 aliphatic heterocycles. The number of nitrogens with zero attached hydrogens (tertiary/aromatic N) is 3.